The molecule has 2 nitrogen and oxygen atoms in total. The van der Waals surface area contributed by atoms with Crippen LogP contribution < -0.4 is 0 Å². The van der Waals surface area contributed by atoms with E-state index in [1.54, 1.807) is 0 Å². The Morgan fingerprint density at radius 3 is 2.33 bits per heavy atom. The molecule has 0 heterocycles. The number of hydrogen-bond donors (Lipinski definition) is 0. The largest absolute Gasteiger partial charge is 0.468 e. The Hall–Kier alpha value is -1.31. The van der Waals surface area contributed by atoms with Crippen molar-refractivity contribution in [1.29, 1.82) is 0 Å². The van der Waals surface area contributed by atoms with E-state index in [9.17, 15) is 4.79 Å². The fourth-order valence-corrected chi connectivity index (χ4v) is 2.82. The van der Waals surface area contributed by atoms with E-state index in [4.69, 9.17) is 4.74 Å². The number of ether oxygens (including phenoxy) is 1. The second-order valence-electron chi connectivity index (χ2n) is 5.86. The number of methoxy groups -OCH3 is 1. The molecule has 0 saturated heterocycles. The van der Waals surface area contributed by atoms with Crippen molar-refractivity contribution >= 4 is 5.97 Å². The van der Waals surface area contributed by atoms with Crippen molar-refractivity contribution < 1.29 is 9.53 Å². The molecular weight excluding hydrogens is 224 g/mol. The van der Waals surface area contributed by atoms with Crippen molar-refractivity contribution in [3.8, 4) is 0 Å². The molecule has 1 aromatic carbocycles. The van der Waals surface area contributed by atoms with Crippen LogP contribution in [0.1, 0.15) is 38.3 Å². The fraction of sp³-hybridized carbons (Fsp3) is 0.562. The maximum absolute atomic E-state index is 11.9. The molecule has 18 heavy (non-hydrogen) atoms. The van der Waals surface area contributed by atoms with Gasteiger partial charge in [-0.05, 0) is 35.8 Å². The summed E-state index contributed by atoms with van der Waals surface area (Å²) in [5.41, 5.74) is 2.07. The highest BCUT2D eigenvalue weighted by molar-refractivity contribution is 5.87. The van der Waals surface area contributed by atoms with Gasteiger partial charge in [-0.15, -0.1) is 0 Å². The quantitative estimate of drug-likeness (QED) is 0.762. The molecule has 2 heteroatoms. The minimum Gasteiger partial charge on any atom is -0.468 e. The van der Waals surface area contributed by atoms with Crippen LogP contribution in [0.5, 0.6) is 0 Å². The number of rotatable bonds is 4. The lowest BCUT2D eigenvalue weighted by atomic mass is 9.91. The Kier molecular flexibility index (Phi) is 3.47. The molecule has 0 aromatic heterocycles. The van der Waals surface area contributed by atoms with E-state index >= 15 is 0 Å². The van der Waals surface area contributed by atoms with Crippen LogP contribution in [0.4, 0.5) is 0 Å². The van der Waals surface area contributed by atoms with E-state index in [0.29, 0.717) is 11.8 Å². The summed E-state index contributed by atoms with van der Waals surface area (Å²) in [5.74, 6) is 0.956. The number of carbonyl (C=O) groups is 1. The van der Waals surface area contributed by atoms with Gasteiger partial charge in [-0.3, -0.25) is 4.79 Å². The van der Waals surface area contributed by atoms with Crippen LogP contribution in [0.3, 0.4) is 0 Å². The Morgan fingerprint density at radius 2 is 1.94 bits per heavy atom. The number of benzene rings is 1. The van der Waals surface area contributed by atoms with Gasteiger partial charge in [0.15, 0.2) is 0 Å². The highest BCUT2D eigenvalue weighted by Gasteiger charge is 2.59. The van der Waals surface area contributed by atoms with Crippen LogP contribution in [0.15, 0.2) is 24.3 Å². The second kappa shape index (κ2) is 4.75. The van der Waals surface area contributed by atoms with Gasteiger partial charge in [-0.25, -0.2) is 0 Å². The third-order valence-corrected chi connectivity index (χ3v) is 3.97. The highest BCUT2D eigenvalue weighted by Crippen LogP contribution is 2.54. The average molecular weight is 246 g/mol. The highest BCUT2D eigenvalue weighted by atomic mass is 16.5. The Morgan fingerprint density at radius 1 is 1.39 bits per heavy atom. The topological polar surface area (TPSA) is 26.3 Å². The van der Waals surface area contributed by atoms with Gasteiger partial charge in [-0.2, -0.15) is 0 Å². The summed E-state index contributed by atoms with van der Waals surface area (Å²) in [4.78, 5) is 11.9. The maximum atomic E-state index is 11.9. The van der Waals surface area contributed by atoms with E-state index in [0.717, 1.165) is 18.4 Å². The van der Waals surface area contributed by atoms with Crippen LogP contribution in [0.25, 0.3) is 0 Å². The Labute approximate surface area is 109 Å². The average Bonchev–Trinajstić information content (AvgIpc) is 3.01. The van der Waals surface area contributed by atoms with Crippen LogP contribution in [0.2, 0.25) is 0 Å². The molecule has 1 aliphatic rings. The summed E-state index contributed by atoms with van der Waals surface area (Å²) >= 11 is 0. The van der Waals surface area contributed by atoms with Gasteiger partial charge in [-0.1, -0.05) is 45.0 Å². The van der Waals surface area contributed by atoms with Crippen LogP contribution in [-0.2, 0) is 21.4 Å². The number of hydrogen-bond acceptors (Lipinski definition) is 2. The van der Waals surface area contributed by atoms with Gasteiger partial charge in [0.2, 0.25) is 0 Å². The van der Waals surface area contributed by atoms with Crippen molar-refractivity contribution in [1.82, 2.24) is 0 Å². The van der Waals surface area contributed by atoms with Crippen LogP contribution >= 0.6 is 0 Å². The predicted octanol–water partition coefficient (Wildman–Crippen LogP) is 3.34. The Bertz CT molecular complexity index is 433. The molecule has 2 rings (SSSR count). The summed E-state index contributed by atoms with van der Waals surface area (Å²) in [7, 11) is 1.47. The summed E-state index contributed by atoms with van der Waals surface area (Å²) in [6.07, 6.45) is 1.99. The predicted molar refractivity (Wildman–Crippen MR) is 72.5 cm³/mol. The van der Waals surface area contributed by atoms with E-state index in [2.05, 4.69) is 45.0 Å². The van der Waals surface area contributed by atoms with Gasteiger partial charge >= 0.3 is 5.97 Å². The van der Waals surface area contributed by atoms with Crippen molar-refractivity contribution in [2.75, 3.05) is 7.11 Å². The molecule has 0 bridgehead atoms. The molecule has 1 saturated carbocycles. The molecule has 1 aromatic rings. The summed E-state index contributed by atoms with van der Waals surface area (Å²) in [6.45, 7) is 6.54. The SMILES string of the molecule is COC(=O)C1(c2ccc(CC(C)C)cc2)CC1C. The zero-order chi connectivity index (χ0) is 13.3. The normalized spacial score (nSPS) is 26.2. The lowest BCUT2D eigenvalue weighted by Gasteiger charge is -2.15. The maximum Gasteiger partial charge on any atom is 0.316 e. The van der Waals surface area contributed by atoms with Gasteiger partial charge in [0, 0.05) is 0 Å². The minimum absolute atomic E-state index is 0.0911. The molecule has 2 atom stereocenters. The second-order valence-corrected chi connectivity index (χ2v) is 5.86. The molecule has 1 fully saturated rings. The first-order valence-electron chi connectivity index (χ1n) is 6.68. The molecule has 0 N–H and O–H groups in total. The van der Waals surface area contributed by atoms with E-state index < -0.39 is 0 Å². The van der Waals surface area contributed by atoms with Gasteiger partial charge < -0.3 is 4.74 Å². The van der Waals surface area contributed by atoms with E-state index in [1.807, 2.05) is 0 Å². The van der Waals surface area contributed by atoms with E-state index in [1.165, 1.54) is 12.7 Å². The lowest BCUT2D eigenvalue weighted by Crippen LogP contribution is -2.24. The number of esters is 1. The minimum atomic E-state index is -0.370. The van der Waals surface area contributed by atoms with Crippen molar-refractivity contribution in [2.45, 2.75) is 39.0 Å². The molecule has 0 aliphatic heterocycles. The van der Waals surface area contributed by atoms with Gasteiger partial charge in [0.25, 0.3) is 0 Å². The van der Waals surface area contributed by atoms with Crippen molar-refractivity contribution in [3.05, 3.63) is 35.4 Å². The summed E-state index contributed by atoms with van der Waals surface area (Å²) < 4.78 is 4.96. The third kappa shape index (κ3) is 2.16. The first kappa shape index (κ1) is 13.1. The standard InChI is InChI=1S/C16H22O2/c1-11(2)9-13-5-7-14(8-6-13)16(10-12(16)3)15(17)18-4/h5-8,11-12H,9-10H2,1-4H3. The molecule has 0 radical (unpaired) electrons. The molecule has 1 aliphatic carbocycles. The zero-order valence-corrected chi connectivity index (χ0v) is 11.7. The van der Waals surface area contributed by atoms with Crippen molar-refractivity contribution in [2.24, 2.45) is 11.8 Å². The zero-order valence-electron chi connectivity index (χ0n) is 11.7. The first-order chi connectivity index (χ1) is 8.50. The molecular formula is C16H22O2. The first-order valence-corrected chi connectivity index (χ1v) is 6.68. The fourth-order valence-electron chi connectivity index (χ4n) is 2.82. The summed E-state index contributed by atoms with van der Waals surface area (Å²) in [5, 5.41) is 0. The van der Waals surface area contributed by atoms with Crippen molar-refractivity contribution in [3.63, 3.8) is 0 Å². The molecule has 0 amide bonds. The number of carbonyl (C=O) groups excluding carboxylic acids is 1. The van der Waals surface area contributed by atoms with E-state index in [-0.39, 0.29) is 11.4 Å². The monoisotopic (exact) mass is 246 g/mol. The van der Waals surface area contributed by atoms with Crippen LogP contribution in [-0.4, -0.2) is 13.1 Å². The van der Waals surface area contributed by atoms with Gasteiger partial charge in [0.05, 0.1) is 12.5 Å². The third-order valence-electron chi connectivity index (χ3n) is 3.97. The Balaban J connectivity index is 2.21. The molecule has 2 unspecified atom stereocenters. The molecule has 0 spiro atoms. The summed E-state index contributed by atoms with van der Waals surface area (Å²) in [6, 6.07) is 8.48. The lowest BCUT2D eigenvalue weighted by molar-refractivity contribution is -0.144. The molecule has 98 valence electrons. The van der Waals surface area contributed by atoms with Crippen LogP contribution in [0, 0.1) is 11.8 Å². The van der Waals surface area contributed by atoms with Gasteiger partial charge in [0.1, 0.15) is 0 Å². The smallest absolute Gasteiger partial charge is 0.316 e.